The second kappa shape index (κ2) is 4.33. The molecule has 0 aliphatic carbocycles. The van der Waals surface area contributed by atoms with Gasteiger partial charge in [-0.1, -0.05) is 4.49 Å². The van der Waals surface area contributed by atoms with E-state index in [1.165, 1.54) is 17.8 Å². The molecule has 1 aromatic rings. The molecule has 80 valence electrons. The van der Waals surface area contributed by atoms with Crippen molar-refractivity contribution in [2.75, 3.05) is 12.0 Å². The standard InChI is InChI=1S/C7H13N3O2S2/c1-5-7(13-10-9-5)6(8)3-4-14(2,11)12/h6H,3-4,8H2,1-2H3. The van der Waals surface area contributed by atoms with E-state index in [0.717, 1.165) is 10.6 Å². The second-order valence-corrected chi connectivity index (χ2v) is 6.29. The molecule has 0 aromatic carbocycles. The highest BCUT2D eigenvalue weighted by molar-refractivity contribution is 7.90. The first-order valence-electron chi connectivity index (χ1n) is 4.12. The Kier molecular flexibility index (Phi) is 3.57. The van der Waals surface area contributed by atoms with Crippen molar-refractivity contribution in [3.8, 4) is 0 Å². The number of aromatic nitrogens is 2. The molecule has 1 heterocycles. The lowest BCUT2D eigenvalue weighted by atomic mass is 10.2. The van der Waals surface area contributed by atoms with Gasteiger partial charge in [-0.2, -0.15) is 0 Å². The fourth-order valence-corrected chi connectivity index (χ4v) is 2.41. The summed E-state index contributed by atoms with van der Waals surface area (Å²) in [5.74, 6) is 0.103. The molecular formula is C7H13N3O2S2. The zero-order valence-corrected chi connectivity index (χ0v) is 9.73. The van der Waals surface area contributed by atoms with E-state index in [1.54, 1.807) is 0 Å². The van der Waals surface area contributed by atoms with Gasteiger partial charge in [0.05, 0.1) is 16.3 Å². The maximum atomic E-state index is 10.9. The van der Waals surface area contributed by atoms with Crippen LogP contribution in [0.5, 0.6) is 0 Å². The van der Waals surface area contributed by atoms with E-state index in [4.69, 9.17) is 5.73 Å². The Bertz CT molecular complexity index is 399. The molecule has 0 amide bonds. The SMILES string of the molecule is Cc1nnsc1C(N)CCS(C)(=O)=O. The van der Waals surface area contributed by atoms with Crippen LogP contribution in [0.2, 0.25) is 0 Å². The molecule has 5 nitrogen and oxygen atoms in total. The molecule has 1 rings (SSSR count). The quantitative estimate of drug-likeness (QED) is 0.810. The van der Waals surface area contributed by atoms with Gasteiger partial charge in [0.1, 0.15) is 9.84 Å². The third-order valence-electron chi connectivity index (χ3n) is 1.82. The van der Waals surface area contributed by atoms with Crippen molar-refractivity contribution < 1.29 is 8.42 Å². The molecule has 14 heavy (non-hydrogen) atoms. The number of rotatable bonds is 4. The summed E-state index contributed by atoms with van der Waals surface area (Å²) < 4.78 is 25.6. The van der Waals surface area contributed by atoms with E-state index < -0.39 is 9.84 Å². The van der Waals surface area contributed by atoms with Gasteiger partial charge in [0, 0.05) is 12.3 Å². The molecule has 0 aliphatic rings. The van der Waals surface area contributed by atoms with Crippen LogP contribution < -0.4 is 5.73 Å². The van der Waals surface area contributed by atoms with Gasteiger partial charge in [-0.05, 0) is 24.9 Å². The maximum absolute atomic E-state index is 10.9. The van der Waals surface area contributed by atoms with E-state index >= 15 is 0 Å². The number of sulfone groups is 1. The van der Waals surface area contributed by atoms with Crippen LogP contribution in [0.1, 0.15) is 23.0 Å². The average Bonchev–Trinajstić information content (AvgIpc) is 2.46. The van der Waals surface area contributed by atoms with E-state index in [0.29, 0.717) is 6.42 Å². The second-order valence-electron chi connectivity index (χ2n) is 3.25. The van der Waals surface area contributed by atoms with E-state index in [-0.39, 0.29) is 11.8 Å². The van der Waals surface area contributed by atoms with Gasteiger partial charge < -0.3 is 5.73 Å². The lowest BCUT2D eigenvalue weighted by Crippen LogP contribution is -2.15. The third kappa shape index (κ3) is 3.32. The van der Waals surface area contributed by atoms with Gasteiger partial charge in [-0.25, -0.2) is 8.42 Å². The smallest absolute Gasteiger partial charge is 0.147 e. The van der Waals surface area contributed by atoms with Gasteiger partial charge in [0.15, 0.2) is 0 Å². The fourth-order valence-electron chi connectivity index (χ4n) is 1.05. The molecule has 0 fully saturated rings. The fraction of sp³-hybridized carbons (Fsp3) is 0.714. The molecular weight excluding hydrogens is 222 g/mol. The Balaban J connectivity index is 2.60. The van der Waals surface area contributed by atoms with Crippen LogP contribution in [0.15, 0.2) is 0 Å². The largest absolute Gasteiger partial charge is 0.323 e. The van der Waals surface area contributed by atoms with E-state index in [9.17, 15) is 8.42 Å². The molecule has 7 heteroatoms. The summed E-state index contributed by atoms with van der Waals surface area (Å²) in [4.78, 5) is 0.869. The summed E-state index contributed by atoms with van der Waals surface area (Å²) in [5, 5.41) is 3.82. The normalized spacial score (nSPS) is 14.2. The van der Waals surface area contributed by atoms with Crippen molar-refractivity contribution >= 4 is 21.4 Å². The van der Waals surface area contributed by atoms with Crippen molar-refractivity contribution in [1.82, 2.24) is 9.59 Å². The predicted octanol–water partition coefficient (Wildman–Crippen LogP) is 0.281. The first kappa shape index (κ1) is 11.5. The van der Waals surface area contributed by atoms with Crippen molar-refractivity contribution in [2.24, 2.45) is 5.73 Å². The van der Waals surface area contributed by atoms with Crippen molar-refractivity contribution in [2.45, 2.75) is 19.4 Å². The molecule has 1 aromatic heterocycles. The van der Waals surface area contributed by atoms with Gasteiger partial charge in [-0.3, -0.25) is 0 Å². The van der Waals surface area contributed by atoms with Crippen LogP contribution in [0.3, 0.4) is 0 Å². The summed E-state index contributed by atoms with van der Waals surface area (Å²) in [6.07, 6.45) is 1.63. The van der Waals surface area contributed by atoms with Crippen LogP contribution in [0.4, 0.5) is 0 Å². The third-order valence-corrected chi connectivity index (χ3v) is 3.76. The summed E-state index contributed by atoms with van der Waals surface area (Å²) in [7, 11) is -2.94. The first-order valence-corrected chi connectivity index (χ1v) is 6.95. The molecule has 2 N–H and O–H groups in total. The average molecular weight is 235 g/mol. The number of nitrogens with two attached hydrogens (primary N) is 1. The van der Waals surface area contributed by atoms with Crippen LogP contribution in [-0.2, 0) is 9.84 Å². The Morgan fingerprint density at radius 2 is 2.21 bits per heavy atom. The minimum atomic E-state index is -2.94. The zero-order valence-electron chi connectivity index (χ0n) is 8.10. The van der Waals surface area contributed by atoms with Gasteiger partial charge in [0.25, 0.3) is 0 Å². The van der Waals surface area contributed by atoms with Crippen LogP contribution in [-0.4, -0.2) is 30.0 Å². The molecule has 0 aliphatic heterocycles. The topological polar surface area (TPSA) is 85.9 Å². The first-order chi connectivity index (χ1) is 6.40. The Morgan fingerprint density at radius 1 is 1.57 bits per heavy atom. The molecule has 0 radical (unpaired) electrons. The summed E-state index contributed by atoms with van der Waals surface area (Å²) in [6.45, 7) is 1.82. The van der Waals surface area contributed by atoms with Crippen molar-refractivity contribution in [1.29, 1.82) is 0 Å². The monoisotopic (exact) mass is 235 g/mol. The predicted molar refractivity (Wildman–Crippen MR) is 55.9 cm³/mol. The minimum Gasteiger partial charge on any atom is -0.323 e. The van der Waals surface area contributed by atoms with Crippen LogP contribution >= 0.6 is 11.5 Å². The number of aryl methyl sites for hydroxylation is 1. The molecule has 0 saturated carbocycles. The lowest BCUT2D eigenvalue weighted by molar-refractivity contribution is 0.592. The highest BCUT2D eigenvalue weighted by atomic mass is 32.2. The van der Waals surface area contributed by atoms with E-state index in [1.807, 2.05) is 6.92 Å². The summed E-state index contributed by atoms with van der Waals surface area (Å²) in [6, 6.07) is -0.273. The maximum Gasteiger partial charge on any atom is 0.147 e. The summed E-state index contributed by atoms with van der Waals surface area (Å²) >= 11 is 1.23. The number of nitrogens with zero attached hydrogens (tertiary/aromatic N) is 2. The Hall–Kier alpha value is -0.530. The highest BCUT2D eigenvalue weighted by Crippen LogP contribution is 2.20. The minimum absolute atomic E-state index is 0.103. The Morgan fingerprint density at radius 3 is 2.64 bits per heavy atom. The molecule has 0 spiro atoms. The Labute approximate surface area is 87.4 Å². The van der Waals surface area contributed by atoms with Gasteiger partial charge in [0.2, 0.25) is 0 Å². The zero-order chi connectivity index (χ0) is 10.8. The molecule has 0 saturated heterocycles. The van der Waals surface area contributed by atoms with Gasteiger partial charge >= 0.3 is 0 Å². The molecule has 1 atom stereocenters. The van der Waals surface area contributed by atoms with E-state index in [2.05, 4.69) is 9.59 Å². The number of hydrogen-bond donors (Lipinski definition) is 1. The molecule has 1 unspecified atom stereocenters. The highest BCUT2D eigenvalue weighted by Gasteiger charge is 2.14. The molecule has 0 bridgehead atoms. The lowest BCUT2D eigenvalue weighted by Gasteiger charge is -2.07. The summed E-state index contributed by atoms with van der Waals surface area (Å²) in [5.41, 5.74) is 6.60. The van der Waals surface area contributed by atoms with Crippen molar-refractivity contribution in [3.05, 3.63) is 10.6 Å². The van der Waals surface area contributed by atoms with Crippen LogP contribution in [0, 0.1) is 6.92 Å². The number of hydrogen-bond acceptors (Lipinski definition) is 6. The van der Waals surface area contributed by atoms with Crippen molar-refractivity contribution in [3.63, 3.8) is 0 Å². The van der Waals surface area contributed by atoms with Gasteiger partial charge in [-0.15, -0.1) is 5.10 Å². The van der Waals surface area contributed by atoms with Crippen LogP contribution in [0.25, 0.3) is 0 Å².